The summed E-state index contributed by atoms with van der Waals surface area (Å²) in [4.78, 5) is 0. The maximum atomic E-state index is 13.3. The van der Waals surface area contributed by atoms with Gasteiger partial charge >= 0.3 is 0 Å². The molecule has 1 aliphatic heterocycles. The van der Waals surface area contributed by atoms with Crippen molar-refractivity contribution in [2.24, 2.45) is 11.8 Å². The Labute approximate surface area is 68.4 Å². The minimum Gasteiger partial charge on any atom is -0.317 e. The van der Waals surface area contributed by atoms with E-state index in [4.69, 9.17) is 0 Å². The van der Waals surface area contributed by atoms with Gasteiger partial charge in [0.2, 0.25) is 0 Å². The highest BCUT2D eigenvalue weighted by Crippen LogP contribution is 2.24. The van der Waals surface area contributed by atoms with Crippen LogP contribution in [0.5, 0.6) is 0 Å². The van der Waals surface area contributed by atoms with Crippen molar-refractivity contribution < 1.29 is 4.39 Å². The molecule has 2 unspecified atom stereocenters. The van der Waals surface area contributed by atoms with Gasteiger partial charge in [0, 0.05) is 0 Å². The standard InChI is InChI=1S/C9H18FN/c1-7(2)8-3-5-11-6-4-9(8)10/h7-9,11H,3-6H2,1-2H3. The fourth-order valence-corrected chi connectivity index (χ4v) is 1.78. The van der Waals surface area contributed by atoms with Gasteiger partial charge in [-0.1, -0.05) is 13.8 Å². The Hall–Kier alpha value is -0.110. The Bertz CT molecular complexity index is 114. The van der Waals surface area contributed by atoms with E-state index in [2.05, 4.69) is 19.2 Å². The Morgan fingerprint density at radius 1 is 1.27 bits per heavy atom. The Balaban J connectivity index is 2.45. The van der Waals surface area contributed by atoms with Gasteiger partial charge in [0.05, 0.1) is 0 Å². The van der Waals surface area contributed by atoms with Gasteiger partial charge in [0.25, 0.3) is 0 Å². The van der Waals surface area contributed by atoms with Crippen molar-refractivity contribution in [2.75, 3.05) is 13.1 Å². The first-order valence-corrected chi connectivity index (χ1v) is 4.56. The molecule has 1 aliphatic rings. The van der Waals surface area contributed by atoms with Gasteiger partial charge in [-0.3, -0.25) is 0 Å². The third kappa shape index (κ3) is 2.44. The van der Waals surface area contributed by atoms with Crippen molar-refractivity contribution in [1.82, 2.24) is 5.32 Å². The molecular formula is C9H18FN. The highest BCUT2D eigenvalue weighted by molar-refractivity contribution is 4.77. The van der Waals surface area contributed by atoms with Gasteiger partial charge in [-0.15, -0.1) is 0 Å². The van der Waals surface area contributed by atoms with Crippen molar-refractivity contribution >= 4 is 0 Å². The van der Waals surface area contributed by atoms with Gasteiger partial charge in [-0.05, 0) is 37.8 Å². The average molecular weight is 159 g/mol. The molecule has 11 heavy (non-hydrogen) atoms. The van der Waals surface area contributed by atoms with E-state index in [9.17, 15) is 4.39 Å². The van der Waals surface area contributed by atoms with E-state index in [-0.39, 0.29) is 5.92 Å². The van der Waals surface area contributed by atoms with Gasteiger partial charge in [-0.25, -0.2) is 4.39 Å². The van der Waals surface area contributed by atoms with Crippen LogP contribution in [0.15, 0.2) is 0 Å². The molecule has 1 fully saturated rings. The Morgan fingerprint density at radius 2 is 1.91 bits per heavy atom. The van der Waals surface area contributed by atoms with Crippen molar-refractivity contribution in [3.63, 3.8) is 0 Å². The molecule has 0 aliphatic carbocycles. The van der Waals surface area contributed by atoms with Crippen LogP contribution in [-0.4, -0.2) is 19.3 Å². The molecule has 0 aromatic rings. The molecule has 1 rings (SSSR count). The van der Waals surface area contributed by atoms with E-state index in [1.807, 2.05) is 0 Å². The summed E-state index contributed by atoms with van der Waals surface area (Å²) < 4.78 is 13.3. The van der Waals surface area contributed by atoms with E-state index < -0.39 is 6.17 Å². The number of hydrogen-bond acceptors (Lipinski definition) is 1. The minimum atomic E-state index is -0.579. The first-order chi connectivity index (χ1) is 5.22. The highest BCUT2D eigenvalue weighted by Gasteiger charge is 2.25. The fourth-order valence-electron chi connectivity index (χ4n) is 1.78. The average Bonchev–Trinajstić information content (AvgIpc) is 2.13. The number of nitrogens with one attached hydrogen (secondary N) is 1. The number of halogens is 1. The molecule has 1 N–H and O–H groups in total. The predicted molar refractivity (Wildman–Crippen MR) is 45.3 cm³/mol. The Morgan fingerprint density at radius 3 is 2.55 bits per heavy atom. The summed E-state index contributed by atoms with van der Waals surface area (Å²) in [6.45, 7) is 6.07. The smallest absolute Gasteiger partial charge is 0.104 e. The quantitative estimate of drug-likeness (QED) is 0.617. The second-order valence-electron chi connectivity index (χ2n) is 3.75. The molecule has 0 saturated carbocycles. The lowest BCUT2D eigenvalue weighted by Crippen LogP contribution is -2.21. The third-order valence-corrected chi connectivity index (χ3v) is 2.57. The fraction of sp³-hybridized carbons (Fsp3) is 1.00. The summed E-state index contributed by atoms with van der Waals surface area (Å²) in [6, 6.07) is 0. The summed E-state index contributed by atoms with van der Waals surface area (Å²) >= 11 is 0. The second-order valence-corrected chi connectivity index (χ2v) is 3.75. The third-order valence-electron chi connectivity index (χ3n) is 2.57. The van der Waals surface area contributed by atoms with Crippen molar-refractivity contribution in [2.45, 2.75) is 32.9 Å². The van der Waals surface area contributed by atoms with E-state index in [1.54, 1.807) is 0 Å². The maximum Gasteiger partial charge on any atom is 0.104 e. The van der Waals surface area contributed by atoms with E-state index in [0.717, 1.165) is 19.5 Å². The summed E-state index contributed by atoms with van der Waals surface area (Å²) in [7, 11) is 0. The van der Waals surface area contributed by atoms with E-state index in [0.29, 0.717) is 12.3 Å². The van der Waals surface area contributed by atoms with Crippen molar-refractivity contribution in [3.05, 3.63) is 0 Å². The van der Waals surface area contributed by atoms with Crippen LogP contribution in [-0.2, 0) is 0 Å². The maximum absolute atomic E-state index is 13.3. The summed E-state index contributed by atoms with van der Waals surface area (Å²) in [5.74, 6) is 0.773. The number of hydrogen-bond donors (Lipinski definition) is 1. The lowest BCUT2D eigenvalue weighted by atomic mass is 9.88. The monoisotopic (exact) mass is 159 g/mol. The van der Waals surface area contributed by atoms with E-state index in [1.165, 1.54) is 0 Å². The van der Waals surface area contributed by atoms with Gasteiger partial charge in [0.15, 0.2) is 0 Å². The Kier molecular flexibility index (Phi) is 3.31. The molecule has 66 valence electrons. The van der Waals surface area contributed by atoms with Crippen LogP contribution in [0.3, 0.4) is 0 Å². The van der Waals surface area contributed by atoms with Crippen molar-refractivity contribution in [3.8, 4) is 0 Å². The van der Waals surface area contributed by atoms with Crippen LogP contribution >= 0.6 is 0 Å². The molecule has 2 atom stereocenters. The topological polar surface area (TPSA) is 12.0 Å². The molecule has 1 nitrogen and oxygen atoms in total. The summed E-state index contributed by atoms with van der Waals surface area (Å²) in [5, 5.41) is 3.22. The minimum absolute atomic E-state index is 0.282. The molecule has 1 heterocycles. The SMILES string of the molecule is CC(C)C1CCNCCC1F. The molecule has 0 amide bonds. The van der Waals surface area contributed by atoms with Crippen LogP contribution in [0.1, 0.15) is 26.7 Å². The lowest BCUT2D eigenvalue weighted by Gasteiger charge is -2.21. The molecule has 2 heteroatoms. The molecule has 0 aromatic heterocycles. The summed E-state index contributed by atoms with van der Waals surface area (Å²) in [6.07, 6.45) is 1.12. The molecular weight excluding hydrogens is 141 g/mol. The van der Waals surface area contributed by atoms with Gasteiger partial charge < -0.3 is 5.32 Å². The lowest BCUT2D eigenvalue weighted by molar-refractivity contribution is 0.175. The van der Waals surface area contributed by atoms with E-state index >= 15 is 0 Å². The van der Waals surface area contributed by atoms with Crippen LogP contribution in [0, 0.1) is 11.8 Å². The van der Waals surface area contributed by atoms with Crippen LogP contribution in [0.4, 0.5) is 4.39 Å². The molecule has 0 aromatic carbocycles. The zero-order valence-electron chi connectivity index (χ0n) is 7.44. The summed E-state index contributed by atoms with van der Waals surface area (Å²) in [5.41, 5.74) is 0. The zero-order valence-corrected chi connectivity index (χ0v) is 7.44. The number of alkyl halides is 1. The molecule has 0 bridgehead atoms. The number of rotatable bonds is 1. The normalized spacial score (nSPS) is 33.8. The molecule has 0 radical (unpaired) electrons. The molecule has 1 saturated heterocycles. The molecule has 0 spiro atoms. The van der Waals surface area contributed by atoms with Crippen LogP contribution < -0.4 is 5.32 Å². The zero-order chi connectivity index (χ0) is 8.27. The van der Waals surface area contributed by atoms with Crippen LogP contribution in [0.2, 0.25) is 0 Å². The predicted octanol–water partition coefficient (Wildman–Crippen LogP) is 1.98. The largest absolute Gasteiger partial charge is 0.317 e. The van der Waals surface area contributed by atoms with Gasteiger partial charge in [0.1, 0.15) is 6.17 Å². The second kappa shape index (κ2) is 4.05. The van der Waals surface area contributed by atoms with Gasteiger partial charge in [-0.2, -0.15) is 0 Å². The van der Waals surface area contributed by atoms with Crippen molar-refractivity contribution in [1.29, 1.82) is 0 Å². The first kappa shape index (κ1) is 8.98. The first-order valence-electron chi connectivity index (χ1n) is 4.56. The highest BCUT2D eigenvalue weighted by atomic mass is 19.1. The van der Waals surface area contributed by atoms with Crippen LogP contribution in [0.25, 0.3) is 0 Å².